The van der Waals surface area contributed by atoms with Crippen molar-refractivity contribution in [3.05, 3.63) is 17.8 Å². The van der Waals surface area contributed by atoms with Crippen molar-refractivity contribution in [1.82, 2.24) is 10.3 Å². The van der Waals surface area contributed by atoms with E-state index in [1.807, 2.05) is 6.26 Å². The van der Waals surface area contributed by atoms with E-state index in [0.717, 1.165) is 25.0 Å². The molecule has 0 fully saturated rings. The molecule has 5 nitrogen and oxygen atoms in total. The van der Waals surface area contributed by atoms with Gasteiger partial charge in [-0.25, -0.2) is 4.98 Å². The number of hydrogen-bond acceptors (Lipinski definition) is 5. The molecule has 0 aliphatic carbocycles. The lowest BCUT2D eigenvalue weighted by atomic mass is 10.1. The predicted octanol–water partition coefficient (Wildman–Crippen LogP) is 4.69. The van der Waals surface area contributed by atoms with Crippen LogP contribution in [0.1, 0.15) is 93.6 Å². The number of nitrogens with two attached hydrogens (primary N) is 1. The highest BCUT2D eigenvalue weighted by atomic mass is 32.2. The number of rotatable bonds is 15. The second-order valence-corrected chi connectivity index (χ2v) is 7.53. The first-order chi connectivity index (χ1) is 12.2. The second kappa shape index (κ2) is 14.2. The smallest absolute Gasteiger partial charge is 0.273 e. The van der Waals surface area contributed by atoms with Gasteiger partial charge in [-0.3, -0.25) is 4.79 Å². The Kier molecular flexibility index (Phi) is 12.5. The van der Waals surface area contributed by atoms with E-state index in [-0.39, 0.29) is 11.9 Å². The van der Waals surface area contributed by atoms with Gasteiger partial charge in [-0.1, -0.05) is 58.3 Å². The summed E-state index contributed by atoms with van der Waals surface area (Å²) in [6.07, 6.45) is 15.7. The summed E-state index contributed by atoms with van der Waals surface area (Å²) in [4.78, 5) is 16.3. The van der Waals surface area contributed by atoms with Crippen LogP contribution < -0.4 is 11.1 Å². The van der Waals surface area contributed by atoms with Gasteiger partial charge in [0, 0.05) is 6.54 Å². The molecule has 0 spiro atoms. The Balaban J connectivity index is 2.09. The van der Waals surface area contributed by atoms with Gasteiger partial charge in [0.15, 0.2) is 5.69 Å². The van der Waals surface area contributed by atoms with E-state index in [4.69, 9.17) is 10.2 Å². The number of oxazole rings is 1. The fraction of sp³-hybridized carbons (Fsp3) is 0.789. The zero-order valence-electron chi connectivity index (χ0n) is 15.9. The topological polar surface area (TPSA) is 81.2 Å². The van der Waals surface area contributed by atoms with Crippen LogP contribution in [0.3, 0.4) is 0 Å². The highest BCUT2D eigenvalue weighted by molar-refractivity contribution is 7.98. The normalized spacial score (nSPS) is 12.3. The molecule has 25 heavy (non-hydrogen) atoms. The van der Waals surface area contributed by atoms with E-state index >= 15 is 0 Å². The number of carbonyl (C=O) groups excluding carboxylic acids is 1. The summed E-state index contributed by atoms with van der Waals surface area (Å²) in [7, 11) is 0. The summed E-state index contributed by atoms with van der Waals surface area (Å²) in [6.45, 7) is 2.93. The minimum atomic E-state index is -0.244. The third-order valence-electron chi connectivity index (χ3n) is 4.27. The van der Waals surface area contributed by atoms with Crippen molar-refractivity contribution in [3.63, 3.8) is 0 Å². The van der Waals surface area contributed by atoms with Gasteiger partial charge in [-0.2, -0.15) is 11.8 Å². The molecule has 144 valence electrons. The maximum Gasteiger partial charge on any atom is 0.273 e. The Bertz CT molecular complexity index is 465. The SMILES string of the molecule is CCCCCCCCCCCNC(=O)c1coc(C(N)CCSC)n1. The minimum Gasteiger partial charge on any atom is -0.446 e. The van der Waals surface area contributed by atoms with Gasteiger partial charge in [-0.05, 0) is 24.9 Å². The number of nitrogens with one attached hydrogen (secondary N) is 1. The van der Waals surface area contributed by atoms with Crippen LogP contribution in [-0.4, -0.2) is 29.4 Å². The summed E-state index contributed by atoms with van der Waals surface area (Å²) in [5.41, 5.74) is 6.32. The molecule has 0 aromatic carbocycles. The van der Waals surface area contributed by atoms with Crippen LogP contribution in [-0.2, 0) is 0 Å². The monoisotopic (exact) mass is 369 g/mol. The number of nitrogens with zero attached hydrogens (tertiary/aromatic N) is 1. The molecule has 0 aliphatic rings. The first-order valence-electron chi connectivity index (χ1n) is 9.67. The van der Waals surface area contributed by atoms with Crippen molar-refractivity contribution in [2.24, 2.45) is 5.73 Å². The van der Waals surface area contributed by atoms with Gasteiger partial charge >= 0.3 is 0 Å². The second-order valence-electron chi connectivity index (χ2n) is 6.54. The van der Waals surface area contributed by atoms with E-state index in [1.54, 1.807) is 11.8 Å². The van der Waals surface area contributed by atoms with Crippen molar-refractivity contribution in [1.29, 1.82) is 0 Å². The Labute approximate surface area is 156 Å². The third-order valence-corrected chi connectivity index (χ3v) is 4.91. The van der Waals surface area contributed by atoms with Crippen molar-refractivity contribution in [3.8, 4) is 0 Å². The largest absolute Gasteiger partial charge is 0.446 e. The molecule has 6 heteroatoms. The predicted molar refractivity (Wildman–Crippen MR) is 106 cm³/mol. The van der Waals surface area contributed by atoms with Crippen LogP contribution in [0.15, 0.2) is 10.7 Å². The molecular formula is C19H35N3O2S. The van der Waals surface area contributed by atoms with Crippen LogP contribution in [0.4, 0.5) is 0 Å². The first-order valence-corrected chi connectivity index (χ1v) is 11.1. The van der Waals surface area contributed by atoms with Gasteiger partial charge in [0.05, 0.1) is 6.04 Å². The molecule has 1 rings (SSSR count). The molecule has 1 amide bonds. The van der Waals surface area contributed by atoms with Gasteiger partial charge < -0.3 is 15.5 Å². The molecule has 1 aromatic rings. The molecule has 0 radical (unpaired) electrons. The van der Waals surface area contributed by atoms with Crippen LogP contribution in [0.25, 0.3) is 0 Å². The number of carbonyl (C=O) groups is 1. The molecule has 0 saturated heterocycles. The lowest BCUT2D eigenvalue weighted by Crippen LogP contribution is -2.25. The standard InChI is InChI=1S/C19H35N3O2S/c1-3-4-5-6-7-8-9-10-11-13-21-18(23)17-15-24-19(22-17)16(20)12-14-25-2/h15-16H,3-14,20H2,1-2H3,(H,21,23). The fourth-order valence-corrected chi connectivity index (χ4v) is 3.15. The quantitative estimate of drug-likeness (QED) is 0.438. The molecule has 0 bridgehead atoms. The van der Waals surface area contributed by atoms with Crippen molar-refractivity contribution < 1.29 is 9.21 Å². The van der Waals surface area contributed by atoms with Crippen molar-refractivity contribution in [2.45, 2.75) is 77.2 Å². The molecule has 1 atom stereocenters. The molecular weight excluding hydrogens is 334 g/mol. The maximum atomic E-state index is 12.1. The van der Waals surface area contributed by atoms with Gasteiger partial charge in [0.2, 0.25) is 5.89 Å². The Morgan fingerprint density at radius 3 is 2.48 bits per heavy atom. The highest BCUT2D eigenvalue weighted by Crippen LogP contribution is 2.15. The Morgan fingerprint density at radius 1 is 1.20 bits per heavy atom. The molecule has 0 aliphatic heterocycles. The Morgan fingerprint density at radius 2 is 1.84 bits per heavy atom. The van der Waals surface area contributed by atoms with Gasteiger partial charge in [0.25, 0.3) is 5.91 Å². The van der Waals surface area contributed by atoms with Crippen LogP contribution in [0.2, 0.25) is 0 Å². The van der Waals surface area contributed by atoms with Crippen LogP contribution in [0.5, 0.6) is 0 Å². The average Bonchev–Trinajstić information content (AvgIpc) is 3.11. The number of amides is 1. The van der Waals surface area contributed by atoms with E-state index < -0.39 is 0 Å². The minimum absolute atomic E-state index is 0.174. The zero-order valence-corrected chi connectivity index (χ0v) is 16.7. The van der Waals surface area contributed by atoms with Gasteiger partial charge in [-0.15, -0.1) is 0 Å². The summed E-state index contributed by atoms with van der Waals surface area (Å²) in [5.74, 6) is 1.22. The van der Waals surface area contributed by atoms with E-state index in [0.29, 0.717) is 18.1 Å². The molecule has 1 heterocycles. The van der Waals surface area contributed by atoms with Gasteiger partial charge in [0.1, 0.15) is 6.26 Å². The summed E-state index contributed by atoms with van der Waals surface area (Å²) in [5, 5.41) is 2.91. The lowest BCUT2D eigenvalue weighted by molar-refractivity contribution is 0.0948. The fourth-order valence-electron chi connectivity index (χ4n) is 2.66. The van der Waals surface area contributed by atoms with E-state index in [2.05, 4.69) is 17.2 Å². The summed E-state index contributed by atoms with van der Waals surface area (Å²) in [6, 6.07) is -0.244. The summed E-state index contributed by atoms with van der Waals surface area (Å²) >= 11 is 1.73. The summed E-state index contributed by atoms with van der Waals surface area (Å²) < 4.78 is 5.34. The maximum absolute atomic E-state index is 12.1. The molecule has 1 unspecified atom stereocenters. The van der Waals surface area contributed by atoms with Crippen LogP contribution >= 0.6 is 11.8 Å². The molecule has 1 aromatic heterocycles. The lowest BCUT2D eigenvalue weighted by Gasteiger charge is -2.05. The number of aromatic nitrogens is 1. The van der Waals surface area contributed by atoms with Crippen LogP contribution in [0, 0.1) is 0 Å². The highest BCUT2D eigenvalue weighted by Gasteiger charge is 2.16. The first kappa shape index (κ1) is 22.0. The molecule has 3 N–H and O–H groups in total. The van der Waals surface area contributed by atoms with Crippen molar-refractivity contribution >= 4 is 17.7 Å². The van der Waals surface area contributed by atoms with E-state index in [9.17, 15) is 4.79 Å². The van der Waals surface area contributed by atoms with Crippen molar-refractivity contribution in [2.75, 3.05) is 18.6 Å². The number of unbranched alkanes of at least 4 members (excludes halogenated alkanes) is 8. The zero-order chi connectivity index (χ0) is 18.3. The molecule has 0 saturated carbocycles. The third kappa shape index (κ3) is 9.90. The van der Waals surface area contributed by atoms with E-state index in [1.165, 1.54) is 51.2 Å². The number of thioether (sulfide) groups is 1. The number of hydrogen-bond donors (Lipinski definition) is 2. The average molecular weight is 370 g/mol. The Hall–Kier alpha value is -1.01.